The molecule has 0 saturated carbocycles. The first-order valence-corrected chi connectivity index (χ1v) is 9.10. The Hall–Kier alpha value is -1.27. The third-order valence-corrected chi connectivity index (χ3v) is 5.23. The summed E-state index contributed by atoms with van der Waals surface area (Å²) < 4.78 is 5.62. The number of ether oxygens (including phenoxy) is 1. The molecule has 0 spiro atoms. The first-order chi connectivity index (χ1) is 11.0. The van der Waals surface area contributed by atoms with Crippen LogP contribution in [0.2, 0.25) is 0 Å². The minimum atomic E-state index is 0.110. The average Bonchev–Trinajstić information content (AvgIpc) is 3.05. The zero-order valence-corrected chi connectivity index (χ0v) is 15.8. The lowest BCUT2D eigenvalue weighted by atomic mass is 9.89. The van der Waals surface area contributed by atoms with E-state index in [0.717, 1.165) is 38.7 Å². The second-order valence-electron chi connectivity index (χ2n) is 6.94. The molecule has 1 aliphatic rings. The summed E-state index contributed by atoms with van der Waals surface area (Å²) in [5.74, 6) is 0.974. The average molecular weight is 339 g/mol. The van der Waals surface area contributed by atoms with E-state index in [1.807, 2.05) is 18.4 Å². The van der Waals surface area contributed by atoms with Gasteiger partial charge >= 0.3 is 0 Å². The van der Waals surface area contributed by atoms with Gasteiger partial charge in [-0.1, -0.05) is 20.8 Å². The molecular weight excluding hydrogens is 308 g/mol. The maximum atomic E-state index is 5.62. The van der Waals surface area contributed by atoms with Crippen LogP contribution in [0.15, 0.2) is 22.5 Å². The third kappa shape index (κ3) is 4.85. The lowest BCUT2D eigenvalue weighted by molar-refractivity contribution is 0.0201. The van der Waals surface area contributed by atoms with Crippen molar-refractivity contribution in [2.45, 2.75) is 26.9 Å². The molecule has 0 amide bonds. The van der Waals surface area contributed by atoms with Gasteiger partial charge in [0.15, 0.2) is 5.96 Å². The van der Waals surface area contributed by atoms with Crippen LogP contribution in [-0.4, -0.2) is 63.8 Å². The number of rotatable bonds is 4. The van der Waals surface area contributed by atoms with Gasteiger partial charge in [0.05, 0.1) is 11.1 Å². The molecule has 0 aromatic carbocycles. The molecule has 1 aromatic heterocycles. The van der Waals surface area contributed by atoms with Gasteiger partial charge in [-0.3, -0.25) is 4.99 Å². The van der Waals surface area contributed by atoms with E-state index in [-0.39, 0.29) is 11.5 Å². The monoisotopic (exact) mass is 338 g/mol. The van der Waals surface area contributed by atoms with Gasteiger partial charge in [0, 0.05) is 46.9 Å². The molecule has 0 aliphatic carbocycles. The molecule has 1 aromatic rings. The molecule has 6 heteroatoms. The predicted octanol–water partition coefficient (Wildman–Crippen LogP) is 2.51. The number of nitrogens with zero attached hydrogens (tertiary/aromatic N) is 3. The summed E-state index contributed by atoms with van der Waals surface area (Å²) in [5, 5.41) is 6.98. The van der Waals surface area contributed by atoms with E-state index >= 15 is 0 Å². The van der Waals surface area contributed by atoms with E-state index in [9.17, 15) is 0 Å². The van der Waals surface area contributed by atoms with E-state index in [1.54, 1.807) is 7.11 Å². The molecule has 1 unspecified atom stereocenters. The summed E-state index contributed by atoms with van der Waals surface area (Å²) in [6.45, 7) is 11.4. The summed E-state index contributed by atoms with van der Waals surface area (Å²) in [4.78, 5) is 9.23. The minimum Gasteiger partial charge on any atom is -0.379 e. The number of aliphatic imine (C=N–C) groups is 1. The number of hydrogen-bond acceptors (Lipinski definition) is 4. The van der Waals surface area contributed by atoms with Crippen LogP contribution in [0.25, 0.3) is 0 Å². The smallest absolute Gasteiger partial charge is 0.193 e. The highest BCUT2D eigenvalue weighted by atomic mass is 32.1. The van der Waals surface area contributed by atoms with E-state index in [0.29, 0.717) is 0 Å². The van der Waals surface area contributed by atoms with Crippen molar-refractivity contribution in [2.75, 3.05) is 51.8 Å². The van der Waals surface area contributed by atoms with Crippen molar-refractivity contribution in [3.8, 4) is 0 Å². The van der Waals surface area contributed by atoms with Crippen molar-refractivity contribution in [3.05, 3.63) is 17.5 Å². The fourth-order valence-electron chi connectivity index (χ4n) is 2.85. The molecule has 1 aliphatic heterocycles. The molecule has 1 fully saturated rings. The summed E-state index contributed by atoms with van der Waals surface area (Å²) >= 11 is 1.81. The second kappa shape index (κ2) is 8.02. The maximum absolute atomic E-state index is 5.62. The summed E-state index contributed by atoms with van der Waals surface area (Å²) in [6, 6.07) is 4.31. The molecule has 1 N–H and O–H groups in total. The number of thiophene rings is 1. The number of guanidine groups is 1. The first-order valence-electron chi connectivity index (χ1n) is 8.22. The Morgan fingerprint density at radius 2 is 2.04 bits per heavy atom. The number of nitrogens with one attached hydrogen (secondary N) is 1. The number of anilines is 1. The van der Waals surface area contributed by atoms with Crippen LogP contribution in [0, 0.1) is 5.41 Å². The van der Waals surface area contributed by atoms with Gasteiger partial charge in [0.2, 0.25) is 0 Å². The van der Waals surface area contributed by atoms with Crippen molar-refractivity contribution in [1.82, 2.24) is 10.2 Å². The molecule has 1 atom stereocenters. The van der Waals surface area contributed by atoms with Crippen molar-refractivity contribution in [1.29, 1.82) is 0 Å². The Bertz CT molecular complexity index is 487. The van der Waals surface area contributed by atoms with Crippen LogP contribution in [0.5, 0.6) is 0 Å². The standard InChI is InChI=1S/C17H30N4OS/c1-17(2,3)14(22-5)13-19-16(18-4)21-10-8-20(9-11-21)15-7-6-12-23-15/h6-7,12,14H,8-11,13H2,1-5H3,(H,18,19). The van der Waals surface area contributed by atoms with E-state index in [2.05, 4.69) is 58.4 Å². The molecular formula is C17H30N4OS. The van der Waals surface area contributed by atoms with Crippen LogP contribution in [-0.2, 0) is 4.74 Å². The molecule has 2 heterocycles. The van der Waals surface area contributed by atoms with Gasteiger partial charge in [-0.15, -0.1) is 11.3 Å². The molecule has 23 heavy (non-hydrogen) atoms. The molecule has 0 bridgehead atoms. The number of methoxy groups -OCH3 is 1. The Morgan fingerprint density at radius 3 is 2.52 bits per heavy atom. The van der Waals surface area contributed by atoms with E-state index in [1.165, 1.54) is 5.00 Å². The molecule has 0 radical (unpaired) electrons. The highest BCUT2D eigenvalue weighted by Crippen LogP contribution is 2.23. The highest BCUT2D eigenvalue weighted by molar-refractivity contribution is 7.14. The zero-order chi connectivity index (χ0) is 16.9. The van der Waals surface area contributed by atoms with Gasteiger partial charge in [-0.25, -0.2) is 0 Å². The van der Waals surface area contributed by atoms with Gasteiger partial charge < -0.3 is 19.9 Å². The summed E-state index contributed by atoms with van der Waals surface area (Å²) in [7, 11) is 3.63. The van der Waals surface area contributed by atoms with Crippen LogP contribution in [0.4, 0.5) is 5.00 Å². The molecule has 1 saturated heterocycles. The molecule has 2 rings (SSSR count). The Balaban J connectivity index is 1.85. The van der Waals surface area contributed by atoms with Crippen molar-refractivity contribution >= 4 is 22.3 Å². The zero-order valence-electron chi connectivity index (χ0n) is 15.0. The largest absolute Gasteiger partial charge is 0.379 e. The quantitative estimate of drug-likeness (QED) is 0.676. The van der Waals surface area contributed by atoms with Gasteiger partial charge in [-0.05, 0) is 22.9 Å². The topological polar surface area (TPSA) is 40.1 Å². The van der Waals surface area contributed by atoms with Crippen molar-refractivity contribution in [2.24, 2.45) is 10.4 Å². The van der Waals surface area contributed by atoms with Gasteiger partial charge in [0.1, 0.15) is 0 Å². The van der Waals surface area contributed by atoms with Crippen molar-refractivity contribution in [3.63, 3.8) is 0 Å². The maximum Gasteiger partial charge on any atom is 0.193 e. The molecule has 5 nitrogen and oxygen atoms in total. The Labute approximate surface area is 144 Å². The first kappa shape index (κ1) is 18.1. The van der Waals surface area contributed by atoms with Crippen LogP contribution in [0.1, 0.15) is 20.8 Å². The minimum absolute atomic E-state index is 0.110. The Morgan fingerprint density at radius 1 is 1.35 bits per heavy atom. The molecule has 130 valence electrons. The summed E-state index contributed by atoms with van der Waals surface area (Å²) in [5.41, 5.74) is 0.110. The van der Waals surface area contributed by atoms with E-state index in [4.69, 9.17) is 4.74 Å². The SMILES string of the molecule is CN=C(NCC(OC)C(C)(C)C)N1CCN(c2cccs2)CC1. The summed E-state index contributed by atoms with van der Waals surface area (Å²) in [6.07, 6.45) is 0.159. The van der Waals surface area contributed by atoms with Gasteiger partial charge in [0.25, 0.3) is 0 Å². The fourth-order valence-corrected chi connectivity index (χ4v) is 3.63. The van der Waals surface area contributed by atoms with Crippen molar-refractivity contribution < 1.29 is 4.74 Å². The third-order valence-electron chi connectivity index (χ3n) is 4.30. The van der Waals surface area contributed by atoms with Crippen LogP contribution in [0.3, 0.4) is 0 Å². The second-order valence-corrected chi connectivity index (χ2v) is 7.87. The van der Waals surface area contributed by atoms with Crippen LogP contribution < -0.4 is 10.2 Å². The van der Waals surface area contributed by atoms with E-state index < -0.39 is 0 Å². The van der Waals surface area contributed by atoms with Crippen LogP contribution >= 0.6 is 11.3 Å². The highest BCUT2D eigenvalue weighted by Gasteiger charge is 2.26. The fraction of sp³-hybridized carbons (Fsp3) is 0.706. The Kier molecular flexibility index (Phi) is 6.30. The normalized spacial score (nSPS) is 18.2. The number of piperazine rings is 1. The lowest BCUT2D eigenvalue weighted by Crippen LogP contribution is -2.54. The number of hydrogen-bond donors (Lipinski definition) is 1. The lowest BCUT2D eigenvalue weighted by Gasteiger charge is -2.38. The predicted molar refractivity (Wildman–Crippen MR) is 99.7 cm³/mol. The van der Waals surface area contributed by atoms with Gasteiger partial charge in [-0.2, -0.15) is 0 Å².